The Hall–Kier alpha value is -3.02. The highest BCUT2D eigenvalue weighted by Gasteiger charge is 2.31. The summed E-state index contributed by atoms with van der Waals surface area (Å²) in [5.74, 6) is -1.42. The molecule has 0 bridgehead atoms. The van der Waals surface area contributed by atoms with Crippen molar-refractivity contribution in [3.8, 4) is 0 Å². The molecule has 126 valence electrons. The van der Waals surface area contributed by atoms with Crippen molar-refractivity contribution >= 4 is 11.7 Å². The smallest absolute Gasteiger partial charge is 0.226 e. The summed E-state index contributed by atoms with van der Waals surface area (Å²) in [5.41, 5.74) is 2.08. The standard InChI is InChI=1S/C19H15F2N3O/c20-13-6-7-14(17(21)8-13)15-9-18(25)23-19-16(15)10-22-24(19)11-12-4-2-1-3-5-12/h1-8,10,15H,9,11H2,(H,23,25)/t15-/m1/s1. The Balaban J connectivity index is 1.74. The molecular weight excluding hydrogens is 324 g/mol. The second-order valence-corrected chi connectivity index (χ2v) is 6.06. The maximum atomic E-state index is 14.2. The zero-order chi connectivity index (χ0) is 17.4. The largest absolute Gasteiger partial charge is 0.311 e. The monoisotopic (exact) mass is 339 g/mol. The number of rotatable bonds is 3. The van der Waals surface area contributed by atoms with Gasteiger partial charge in [0.2, 0.25) is 5.91 Å². The number of carbonyl (C=O) groups excluding carboxylic acids is 1. The Morgan fingerprint density at radius 3 is 2.68 bits per heavy atom. The predicted molar refractivity (Wildman–Crippen MR) is 89.2 cm³/mol. The summed E-state index contributed by atoms with van der Waals surface area (Å²) in [5, 5.41) is 7.18. The summed E-state index contributed by atoms with van der Waals surface area (Å²) < 4.78 is 29.1. The van der Waals surface area contributed by atoms with E-state index in [0.29, 0.717) is 17.9 Å². The summed E-state index contributed by atoms with van der Waals surface area (Å²) >= 11 is 0. The summed E-state index contributed by atoms with van der Waals surface area (Å²) in [6.07, 6.45) is 1.75. The zero-order valence-electron chi connectivity index (χ0n) is 13.2. The molecule has 0 unspecified atom stereocenters. The highest BCUT2D eigenvalue weighted by atomic mass is 19.1. The van der Waals surface area contributed by atoms with Crippen molar-refractivity contribution in [1.29, 1.82) is 0 Å². The van der Waals surface area contributed by atoms with Gasteiger partial charge in [-0.2, -0.15) is 5.10 Å². The van der Waals surface area contributed by atoms with E-state index in [1.165, 1.54) is 12.1 Å². The number of carbonyl (C=O) groups is 1. The number of fused-ring (bicyclic) bond motifs is 1. The average molecular weight is 339 g/mol. The van der Waals surface area contributed by atoms with Crippen molar-refractivity contribution in [3.63, 3.8) is 0 Å². The minimum absolute atomic E-state index is 0.104. The molecule has 0 radical (unpaired) electrons. The van der Waals surface area contributed by atoms with Gasteiger partial charge in [-0.3, -0.25) is 4.79 Å². The number of benzene rings is 2. The minimum Gasteiger partial charge on any atom is -0.311 e. The Morgan fingerprint density at radius 1 is 1.12 bits per heavy atom. The molecule has 0 aliphatic carbocycles. The lowest BCUT2D eigenvalue weighted by atomic mass is 9.87. The van der Waals surface area contributed by atoms with Crippen molar-refractivity contribution < 1.29 is 13.6 Å². The van der Waals surface area contributed by atoms with E-state index >= 15 is 0 Å². The van der Waals surface area contributed by atoms with E-state index in [9.17, 15) is 13.6 Å². The van der Waals surface area contributed by atoms with E-state index in [2.05, 4.69) is 10.4 Å². The van der Waals surface area contributed by atoms with Crippen LogP contribution in [0.15, 0.2) is 54.7 Å². The number of nitrogens with one attached hydrogen (secondary N) is 1. The first-order valence-electron chi connectivity index (χ1n) is 7.96. The number of amides is 1. The fourth-order valence-corrected chi connectivity index (χ4v) is 3.21. The third-order valence-electron chi connectivity index (χ3n) is 4.40. The van der Waals surface area contributed by atoms with E-state index in [-0.39, 0.29) is 12.3 Å². The molecule has 6 heteroatoms. The van der Waals surface area contributed by atoms with Crippen LogP contribution >= 0.6 is 0 Å². The molecule has 4 rings (SSSR count). The topological polar surface area (TPSA) is 46.9 Å². The third-order valence-corrected chi connectivity index (χ3v) is 4.40. The molecule has 25 heavy (non-hydrogen) atoms. The molecule has 2 aromatic carbocycles. The number of anilines is 1. The van der Waals surface area contributed by atoms with Gasteiger partial charge in [0.15, 0.2) is 0 Å². The van der Waals surface area contributed by atoms with Crippen LogP contribution < -0.4 is 5.32 Å². The fraction of sp³-hybridized carbons (Fsp3) is 0.158. The molecular formula is C19H15F2N3O. The van der Waals surface area contributed by atoms with Gasteiger partial charge in [-0.25, -0.2) is 13.5 Å². The number of halogens is 2. The zero-order valence-corrected chi connectivity index (χ0v) is 13.2. The Bertz CT molecular complexity index is 937. The van der Waals surface area contributed by atoms with Gasteiger partial charge in [-0.05, 0) is 17.2 Å². The van der Waals surface area contributed by atoms with Crippen molar-refractivity contribution in [2.24, 2.45) is 0 Å². The molecule has 1 aliphatic rings. The molecule has 1 amide bonds. The van der Waals surface area contributed by atoms with Gasteiger partial charge in [0, 0.05) is 24.0 Å². The molecule has 2 heterocycles. The molecule has 0 saturated carbocycles. The van der Waals surface area contributed by atoms with E-state index in [1.807, 2.05) is 30.3 Å². The van der Waals surface area contributed by atoms with Gasteiger partial charge >= 0.3 is 0 Å². The summed E-state index contributed by atoms with van der Waals surface area (Å²) in [6.45, 7) is 0.495. The van der Waals surface area contributed by atoms with Crippen LogP contribution in [0.1, 0.15) is 29.0 Å². The molecule has 0 spiro atoms. The second-order valence-electron chi connectivity index (χ2n) is 6.06. The van der Waals surface area contributed by atoms with Crippen molar-refractivity contribution in [2.45, 2.75) is 18.9 Å². The molecule has 1 N–H and O–H groups in total. The normalized spacial score (nSPS) is 16.4. The van der Waals surface area contributed by atoms with Crippen LogP contribution in [0.3, 0.4) is 0 Å². The average Bonchev–Trinajstić information content (AvgIpc) is 2.98. The van der Waals surface area contributed by atoms with Gasteiger partial charge in [-0.15, -0.1) is 0 Å². The fourth-order valence-electron chi connectivity index (χ4n) is 3.21. The van der Waals surface area contributed by atoms with E-state index in [0.717, 1.165) is 17.2 Å². The molecule has 4 nitrogen and oxygen atoms in total. The lowest BCUT2D eigenvalue weighted by molar-refractivity contribution is -0.116. The minimum atomic E-state index is -0.651. The van der Waals surface area contributed by atoms with Crippen LogP contribution in [0.25, 0.3) is 0 Å². The van der Waals surface area contributed by atoms with Crippen LogP contribution in [-0.2, 0) is 11.3 Å². The number of hydrogen-bond acceptors (Lipinski definition) is 2. The highest BCUT2D eigenvalue weighted by Crippen LogP contribution is 2.38. The van der Waals surface area contributed by atoms with Crippen LogP contribution in [0.5, 0.6) is 0 Å². The lowest BCUT2D eigenvalue weighted by Crippen LogP contribution is -2.25. The molecule has 0 saturated heterocycles. The maximum Gasteiger partial charge on any atom is 0.226 e. The van der Waals surface area contributed by atoms with E-state index < -0.39 is 17.6 Å². The van der Waals surface area contributed by atoms with Gasteiger partial charge in [0.1, 0.15) is 17.5 Å². The van der Waals surface area contributed by atoms with E-state index in [4.69, 9.17) is 0 Å². The number of nitrogens with zero attached hydrogens (tertiary/aromatic N) is 2. The first kappa shape index (κ1) is 15.5. The lowest BCUT2D eigenvalue weighted by Gasteiger charge is -2.24. The number of hydrogen-bond donors (Lipinski definition) is 1. The highest BCUT2D eigenvalue weighted by molar-refractivity contribution is 5.94. The van der Waals surface area contributed by atoms with Crippen LogP contribution in [0.2, 0.25) is 0 Å². The summed E-state index contributed by atoms with van der Waals surface area (Å²) in [6, 6.07) is 13.2. The second kappa shape index (κ2) is 6.12. The molecule has 1 atom stereocenters. The maximum absolute atomic E-state index is 14.2. The third kappa shape index (κ3) is 2.91. The van der Waals surface area contributed by atoms with Crippen molar-refractivity contribution in [3.05, 3.63) is 83.1 Å². The van der Waals surface area contributed by atoms with Crippen molar-refractivity contribution in [1.82, 2.24) is 9.78 Å². The van der Waals surface area contributed by atoms with Gasteiger partial charge in [0.05, 0.1) is 12.7 Å². The SMILES string of the molecule is O=C1C[C@H](c2ccc(F)cc2F)c2cnn(Cc3ccccc3)c2N1. The Labute approximate surface area is 143 Å². The van der Waals surface area contributed by atoms with Gasteiger partial charge < -0.3 is 5.32 Å². The number of aromatic nitrogens is 2. The first-order chi connectivity index (χ1) is 12.1. The molecule has 1 aliphatic heterocycles. The van der Waals surface area contributed by atoms with Crippen LogP contribution in [0, 0.1) is 11.6 Å². The van der Waals surface area contributed by atoms with Crippen molar-refractivity contribution in [2.75, 3.05) is 5.32 Å². The summed E-state index contributed by atoms with van der Waals surface area (Å²) in [7, 11) is 0. The molecule has 3 aromatic rings. The van der Waals surface area contributed by atoms with Gasteiger partial charge in [0.25, 0.3) is 0 Å². The molecule has 1 aromatic heterocycles. The molecule has 0 fully saturated rings. The predicted octanol–water partition coefficient (Wildman–Crippen LogP) is 3.68. The van der Waals surface area contributed by atoms with Crippen LogP contribution in [-0.4, -0.2) is 15.7 Å². The quantitative estimate of drug-likeness (QED) is 0.791. The summed E-state index contributed by atoms with van der Waals surface area (Å²) in [4.78, 5) is 12.1. The van der Waals surface area contributed by atoms with Gasteiger partial charge in [-0.1, -0.05) is 36.4 Å². The van der Waals surface area contributed by atoms with E-state index in [1.54, 1.807) is 10.9 Å². The Morgan fingerprint density at radius 2 is 1.92 bits per heavy atom. The Kier molecular flexibility index (Phi) is 3.80. The van der Waals surface area contributed by atoms with Crippen LogP contribution in [0.4, 0.5) is 14.6 Å². The first-order valence-corrected chi connectivity index (χ1v) is 7.96.